The van der Waals surface area contributed by atoms with E-state index in [1.807, 2.05) is 18.2 Å². The molecule has 2 fully saturated rings. The van der Waals surface area contributed by atoms with Gasteiger partial charge in [-0.2, -0.15) is 0 Å². The first-order chi connectivity index (χ1) is 15.6. The number of hydrogen-bond donors (Lipinski definition) is 3. The van der Waals surface area contributed by atoms with Crippen LogP contribution in [-0.2, 0) is 22.7 Å². The SMILES string of the molecule is O=C1CCC(N2Cc3c(CNc4ccc(C5CCNCC5)cc4)cccc3C2=O)C(=O)N1. The van der Waals surface area contributed by atoms with Crippen LogP contribution in [0.1, 0.15) is 58.6 Å². The number of rotatable bonds is 5. The molecule has 166 valence electrons. The van der Waals surface area contributed by atoms with Gasteiger partial charge in [0.15, 0.2) is 0 Å². The zero-order chi connectivity index (χ0) is 22.1. The number of imide groups is 1. The van der Waals surface area contributed by atoms with E-state index >= 15 is 0 Å². The summed E-state index contributed by atoms with van der Waals surface area (Å²) in [6, 6.07) is 13.8. The fourth-order valence-electron chi connectivity index (χ4n) is 5.04. The minimum absolute atomic E-state index is 0.136. The molecule has 32 heavy (non-hydrogen) atoms. The first-order valence-electron chi connectivity index (χ1n) is 11.4. The Bertz CT molecular complexity index is 1040. The zero-order valence-electron chi connectivity index (χ0n) is 18.0. The van der Waals surface area contributed by atoms with Gasteiger partial charge in [0.25, 0.3) is 5.91 Å². The second kappa shape index (κ2) is 8.74. The molecular weight excluding hydrogens is 404 g/mol. The molecule has 3 N–H and O–H groups in total. The Balaban J connectivity index is 1.27. The maximum absolute atomic E-state index is 13.0. The lowest BCUT2D eigenvalue weighted by Crippen LogP contribution is -2.52. The molecule has 7 nitrogen and oxygen atoms in total. The maximum atomic E-state index is 13.0. The van der Waals surface area contributed by atoms with Crippen molar-refractivity contribution in [1.29, 1.82) is 0 Å². The van der Waals surface area contributed by atoms with Crippen molar-refractivity contribution in [3.05, 3.63) is 64.7 Å². The predicted molar refractivity (Wildman–Crippen MR) is 121 cm³/mol. The van der Waals surface area contributed by atoms with Crippen LogP contribution in [0, 0.1) is 0 Å². The minimum atomic E-state index is -0.587. The molecule has 1 unspecified atom stereocenters. The third kappa shape index (κ3) is 4.00. The number of hydrogen-bond acceptors (Lipinski definition) is 5. The van der Waals surface area contributed by atoms with Gasteiger partial charge in [0.1, 0.15) is 6.04 Å². The van der Waals surface area contributed by atoms with Crippen LogP contribution in [0.5, 0.6) is 0 Å². The van der Waals surface area contributed by atoms with Crippen molar-refractivity contribution in [1.82, 2.24) is 15.5 Å². The lowest BCUT2D eigenvalue weighted by Gasteiger charge is -2.29. The van der Waals surface area contributed by atoms with E-state index in [4.69, 9.17) is 0 Å². The van der Waals surface area contributed by atoms with E-state index in [1.165, 1.54) is 18.4 Å². The van der Waals surface area contributed by atoms with E-state index < -0.39 is 6.04 Å². The van der Waals surface area contributed by atoms with Gasteiger partial charge in [-0.25, -0.2) is 0 Å². The van der Waals surface area contributed by atoms with E-state index in [0.717, 1.165) is 29.9 Å². The van der Waals surface area contributed by atoms with Crippen molar-refractivity contribution in [2.24, 2.45) is 0 Å². The van der Waals surface area contributed by atoms with E-state index in [1.54, 1.807) is 4.90 Å². The molecule has 5 rings (SSSR count). The van der Waals surface area contributed by atoms with Crippen LogP contribution in [0.4, 0.5) is 5.69 Å². The summed E-state index contributed by atoms with van der Waals surface area (Å²) < 4.78 is 0. The Hall–Kier alpha value is -3.19. The van der Waals surface area contributed by atoms with E-state index in [-0.39, 0.29) is 24.1 Å². The molecule has 0 saturated carbocycles. The molecule has 2 aromatic rings. The molecule has 0 spiro atoms. The van der Waals surface area contributed by atoms with Crippen molar-refractivity contribution < 1.29 is 14.4 Å². The summed E-state index contributed by atoms with van der Waals surface area (Å²) in [4.78, 5) is 38.3. The molecule has 0 aliphatic carbocycles. The fourth-order valence-corrected chi connectivity index (χ4v) is 5.04. The third-order valence-electron chi connectivity index (χ3n) is 6.88. The summed E-state index contributed by atoms with van der Waals surface area (Å²) in [6.45, 7) is 3.16. The monoisotopic (exact) mass is 432 g/mol. The van der Waals surface area contributed by atoms with Crippen molar-refractivity contribution in [2.45, 2.75) is 50.7 Å². The number of piperidine rings is 2. The number of anilines is 1. The molecule has 0 aromatic heterocycles. The van der Waals surface area contributed by atoms with Crippen LogP contribution >= 0.6 is 0 Å². The first kappa shape index (κ1) is 20.7. The smallest absolute Gasteiger partial charge is 0.255 e. The second-order valence-electron chi connectivity index (χ2n) is 8.84. The van der Waals surface area contributed by atoms with Gasteiger partial charge in [-0.1, -0.05) is 24.3 Å². The molecule has 1 atom stereocenters. The summed E-state index contributed by atoms with van der Waals surface area (Å²) in [5.74, 6) is -0.156. The molecule has 7 heteroatoms. The molecule has 2 saturated heterocycles. The van der Waals surface area contributed by atoms with Crippen LogP contribution in [0.15, 0.2) is 42.5 Å². The van der Waals surface area contributed by atoms with Gasteiger partial charge in [0, 0.05) is 30.8 Å². The third-order valence-corrected chi connectivity index (χ3v) is 6.88. The molecule has 3 heterocycles. The van der Waals surface area contributed by atoms with Gasteiger partial charge in [-0.15, -0.1) is 0 Å². The topological polar surface area (TPSA) is 90.5 Å². The van der Waals surface area contributed by atoms with Gasteiger partial charge < -0.3 is 15.5 Å². The summed E-state index contributed by atoms with van der Waals surface area (Å²) in [7, 11) is 0. The van der Waals surface area contributed by atoms with Gasteiger partial charge in [-0.3, -0.25) is 19.7 Å². The summed E-state index contributed by atoms with van der Waals surface area (Å²) in [6.07, 6.45) is 3.00. The largest absolute Gasteiger partial charge is 0.381 e. The van der Waals surface area contributed by atoms with E-state index in [9.17, 15) is 14.4 Å². The number of nitrogens with zero attached hydrogens (tertiary/aromatic N) is 1. The number of carbonyl (C=O) groups excluding carboxylic acids is 3. The number of carbonyl (C=O) groups is 3. The molecular formula is C25H28N4O3. The standard InChI is InChI=1S/C25H28N4O3/c30-23-9-8-22(24(31)28-23)29-15-21-18(2-1-3-20(21)25(29)32)14-27-19-6-4-16(5-7-19)17-10-12-26-13-11-17/h1-7,17,22,26-27H,8-15H2,(H,28,30,31). The van der Waals surface area contributed by atoms with Crippen LogP contribution in [-0.4, -0.2) is 41.8 Å². The molecule has 3 aliphatic rings. The Labute approximate surface area is 187 Å². The van der Waals surface area contributed by atoms with Gasteiger partial charge in [0.05, 0.1) is 0 Å². The highest BCUT2D eigenvalue weighted by molar-refractivity contribution is 6.05. The average molecular weight is 433 g/mol. The van der Waals surface area contributed by atoms with Crippen molar-refractivity contribution in [3.63, 3.8) is 0 Å². The fraction of sp³-hybridized carbons (Fsp3) is 0.400. The Morgan fingerprint density at radius 3 is 2.50 bits per heavy atom. The maximum Gasteiger partial charge on any atom is 0.255 e. The van der Waals surface area contributed by atoms with Gasteiger partial charge >= 0.3 is 0 Å². The van der Waals surface area contributed by atoms with Crippen LogP contribution in [0.2, 0.25) is 0 Å². The molecule has 0 radical (unpaired) electrons. The van der Waals surface area contributed by atoms with Crippen LogP contribution in [0.3, 0.4) is 0 Å². The highest BCUT2D eigenvalue weighted by Crippen LogP contribution is 2.31. The summed E-state index contributed by atoms with van der Waals surface area (Å²) in [5, 5.41) is 9.24. The number of benzene rings is 2. The van der Waals surface area contributed by atoms with Crippen molar-refractivity contribution in [2.75, 3.05) is 18.4 Å². The molecule has 3 amide bonds. The predicted octanol–water partition coefficient (Wildman–Crippen LogP) is 2.53. The Morgan fingerprint density at radius 1 is 0.969 bits per heavy atom. The van der Waals surface area contributed by atoms with E-state index in [0.29, 0.717) is 31.0 Å². The first-order valence-corrected chi connectivity index (χ1v) is 11.4. The normalized spacial score (nSPS) is 21.4. The highest BCUT2D eigenvalue weighted by Gasteiger charge is 2.39. The minimum Gasteiger partial charge on any atom is -0.381 e. The van der Waals surface area contributed by atoms with Crippen molar-refractivity contribution >= 4 is 23.4 Å². The molecule has 0 bridgehead atoms. The van der Waals surface area contributed by atoms with Crippen molar-refractivity contribution in [3.8, 4) is 0 Å². The number of amides is 3. The summed E-state index contributed by atoms with van der Waals surface area (Å²) in [5.41, 5.74) is 5.10. The zero-order valence-corrected chi connectivity index (χ0v) is 18.0. The molecule has 2 aromatic carbocycles. The number of nitrogens with one attached hydrogen (secondary N) is 3. The lowest BCUT2D eigenvalue weighted by atomic mass is 9.90. The van der Waals surface area contributed by atoms with Gasteiger partial charge in [0.2, 0.25) is 11.8 Å². The Morgan fingerprint density at radius 2 is 1.75 bits per heavy atom. The van der Waals surface area contributed by atoms with Crippen LogP contribution < -0.4 is 16.0 Å². The lowest BCUT2D eigenvalue weighted by molar-refractivity contribution is -0.136. The van der Waals surface area contributed by atoms with Gasteiger partial charge in [-0.05, 0) is 73.2 Å². The quantitative estimate of drug-likeness (QED) is 0.632. The van der Waals surface area contributed by atoms with Crippen LogP contribution in [0.25, 0.3) is 0 Å². The average Bonchev–Trinajstić information content (AvgIpc) is 3.15. The second-order valence-corrected chi connectivity index (χ2v) is 8.84. The Kier molecular flexibility index (Phi) is 5.66. The van der Waals surface area contributed by atoms with E-state index in [2.05, 4.69) is 40.2 Å². The summed E-state index contributed by atoms with van der Waals surface area (Å²) >= 11 is 0. The molecule has 3 aliphatic heterocycles. The number of fused-ring (bicyclic) bond motifs is 1. The highest BCUT2D eigenvalue weighted by atomic mass is 16.2.